The summed E-state index contributed by atoms with van der Waals surface area (Å²) in [6.07, 6.45) is 5.75. The van der Waals surface area contributed by atoms with E-state index in [2.05, 4.69) is 36.4 Å². The average molecular weight is 474 g/mol. The zero-order valence-corrected chi connectivity index (χ0v) is 20.0. The summed E-state index contributed by atoms with van der Waals surface area (Å²) in [5.74, 6) is 0.365. The van der Waals surface area contributed by atoms with Crippen molar-refractivity contribution in [1.29, 1.82) is 0 Å². The molecule has 35 heavy (non-hydrogen) atoms. The molecule has 1 atom stereocenters. The van der Waals surface area contributed by atoms with E-state index in [1.807, 2.05) is 49.6 Å². The van der Waals surface area contributed by atoms with E-state index in [4.69, 9.17) is 0 Å². The molecule has 1 fully saturated rings. The van der Waals surface area contributed by atoms with Crippen LogP contribution < -0.4 is 10.2 Å². The summed E-state index contributed by atoms with van der Waals surface area (Å²) in [7, 11) is 4.04. The predicted octanol–water partition coefficient (Wildman–Crippen LogP) is 4.27. The number of carbonyl (C=O) groups excluding carboxylic acids is 1. The van der Waals surface area contributed by atoms with E-state index in [-0.39, 0.29) is 5.91 Å². The van der Waals surface area contributed by atoms with Crippen LogP contribution in [0, 0.1) is 0 Å². The summed E-state index contributed by atoms with van der Waals surface area (Å²) in [6.45, 7) is 3.35. The fourth-order valence-corrected chi connectivity index (χ4v) is 4.42. The normalized spacial score (nSPS) is 17.9. The van der Waals surface area contributed by atoms with Gasteiger partial charge in [-0.15, -0.1) is 0 Å². The Balaban J connectivity index is 1.35. The minimum Gasteiger partial charge on any atom is -0.353 e. The van der Waals surface area contributed by atoms with E-state index in [0.717, 1.165) is 34.1 Å². The number of carbonyl (C=O) groups is 1. The second kappa shape index (κ2) is 9.07. The topological polar surface area (TPSA) is 90.0 Å². The van der Waals surface area contributed by atoms with E-state index in [0.29, 0.717) is 36.7 Å². The Kier molecular flexibility index (Phi) is 5.94. The monoisotopic (exact) mass is 473 g/mol. The number of hydrogen-bond acceptors (Lipinski definition) is 6. The molecular weight excluding hydrogens is 445 g/mol. The van der Waals surface area contributed by atoms with Gasteiger partial charge in [0, 0.05) is 42.9 Å². The van der Waals surface area contributed by atoms with Crippen LogP contribution in [0.4, 0.5) is 15.9 Å². The van der Waals surface area contributed by atoms with Crippen LogP contribution in [0.5, 0.6) is 0 Å². The SMILES string of the molecule is CN(C)Cc1cncc(-c2ccc3[nH]nc(C(=O)Nc4ccc(N5CCC(C)(F)C5)nc4)c3c2)c1. The highest BCUT2D eigenvalue weighted by molar-refractivity contribution is 6.11. The summed E-state index contributed by atoms with van der Waals surface area (Å²) in [6, 6.07) is 11.5. The molecule has 1 amide bonds. The van der Waals surface area contributed by atoms with Gasteiger partial charge in [0.15, 0.2) is 5.69 Å². The van der Waals surface area contributed by atoms with Crippen molar-refractivity contribution in [3.63, 3.8) is 0 Å². The van der Waals surface area contributed by atoms with Crippen molar-refractivity contribution in [3.8, 4) is 11.1 Å². The second-order valence-electron chi connectivity index (χ2n) is 9.60. The number of nitrogens with one attached hydrogen (secondary N) is 2. The Hall–Kier alpha value is -3.85. The van der Waals surface area contributed by atoms with E-state index < -0.39 is 5.67 Å². The molecule has 0 saturated carbocycles. The van der Waals surface area contributed by atoms with Crippen LogP contribution in [0.25, 0.3) is 22.0 Å². The van der Waals surface area contributed by atoms with Gasteiger partial charge in [0.2, 0.25) is 0 Å². The van der Waals surface area contributed by atoms with Crippen molar-refractivity contribution in [3.05, 3.63) is 66.2 Å². The molecule has 4 heterocycles. The first-order valence-electron chi connectivity index (χ1n) is 11.6. The van der Waals surface area contributed by atoms with Gasteiger partial charge in [0.05, 0.1) is 23.9 Å². The maximum atomic E-state index is 14.1. The highest BCUT2D eigenvalue weighted by Gasteiger charge is 2.34. The minimum absolute atomic E-state index is 0.302. The molecule has 3 aromatic heterocycles. The summed E-state index contributed by atoms with van der Waals surface area (Å²) < 4.78 is 14.1. The lowest BCUT2D eigenvalue weighted by Gasteiger charge is -2.18. The van der Waals surface area contributed by atoms with Crippen molar-refractivity contribution >= 4 is 28.3 Å². The van der Waals surface area contributed by atoms with Gasteiger partial charge in [-0.1, -0.05) is 6.07 Å². The quantitative estimate of drug-likeness (QED) is 0.435. The number of benzene rings is 1. The summed E-state index contributed by atoms with van der Waals surface area (Å²) in [4.78, 5) is 25.8. The van der Waals surface area contributed by atoms with Gasteiger partial charge in [-0.25, -0.2) is 9.37 Å². The number of aromatic nitrogens is 4. The van der Waals surface area contributed by atoms with Crippen molar-refractivity contribution in [2.75, 3.05) is 37.4 Å². The Labute approximate surface area is 203 Å². The Bertz CT molecular complexity index is 1360. The number of rotatable bonds is 6. The maximum absolute atomic E-state index is 14.1. The van der Waals surface area contributed by atoms with Crippen LogP contribution in [0.3, 0.4) is 0 Å². The number of aromatic amines is 1. The van der Waals surface area contributed by atoms with Crippen LogP contribution in [-0.2, 0) is 6.54 Å². The number of nitrogens with zero attached hydrogens (tertiary/aromatic N) is 5. The number of halogens is 1. The first kappa shape index (κ1) is 22.9. The molecule has 1 unspecified atom stereocenters. The average Bonchev–Trinajstić information content (AvgIpc) is 3.41. The number of H-pyrrole nitrogens is 1. The Morgan fingerprint density at radius 2 is 2.03 bits per heavy atom. The molecule has 5 rings (SSSR count). The number of amides is 1. The van der Waals surface area contributed by atoms with Gasteiger partial charge in [-0.3, -0.25) is 14.9 Å². The van der Waals surface area contributed by atoms with E-state index in [9.17, 15) is 9.18 Å². The number of fused-ring (bicyclic) bond motifs is 1. The first-order chi connectivity index (χ1) is 16.8. The third-order valence-electron chi connectivity index (χ3n) is 6.16. The van der Waals surface area contributed by atoms with E-state index >= 15 is 0 Å². The lowest BCUT2D eigenvalue weighted by atomic mass is 10.0. The van der Waals surface area contributed by atoms with Crippen LogP contribution >= 0.6 is 0 Å². The van der Waals surface area contributed by atoms with Gasteiger partial charge < -0.3 is 15.1 Å². The molecule has 0 radical (unpaired) electrons. The molecule has 0 aliphatic carbocycles. The first-order valence-corrected chi connectivity index (χ1v) is 11.6. The van der Waals surface area contributed by atoms with Crippen LogP contribution in [0.15, 0.2) is 55.0 Å². The molecule has 1 aromatic carbocycles. The number of anilines is 2. The molecule has 2 N–H and O–H groups in total. The molecule has 9 heteroatoms. The highest BCUT2D eigenvalue weighted by atomic mass is 19.1. The summed E-state index contributed by atoms with van der Waals surface area (Å²) >= 11 is 0. The van der Waals surface area contributed by atoms with Crippen molar-refractivity contribution in [2.45, 2.75) is 25.6 Å². The second-order valence-corrected chi connectivity index (χ2v) is 9.60. The van der Waals surface area contributed by atoms with E-state index in [1.54, 1.807) is 25.3 Å². The summed E-state index contributed by atoms with van der Waals surface area (Å²) in [5, 5.41) is 10.8. The Morgan fingerprint density at radius 1 is 1.17 bits per heavy atom. The molecular formula is C26H28FN7O. The van der Waals surface area contributed by atoms with Crippen LogP contribution in [-0.4, -0.2) is 63.8 Å². The van der Waals surface area contributed by atoms with Gasteiger partial charge in [-0.05, 0) is 62.5 Å². The fraction of sp³-hybridized carbons (Fsp3) is 0.308. The number of hydrogen-bond donors (Lipinski definition) is 2. The lowest BCUT2D eigenvalue weighted by Crippen LogP contribution is -2.26. The highest BCUT2D eigenvalue weighted by Crippen LogP contribution is 2.29. The van der Waals surface area contributed by atoms with Gasteiger partial charge in [0.25, 0.3) is 5.91 Å². The molecule has 4 aromatic rings. The van der Waals surface area contributed by atoms with Crippen molar-refractivity contribution in [2.24, 2.45) is 0 Å². The zero-order valence-electron chi connectivity index (χ0n) is 20.0. The summed E-state index contributed by atoms with van der Waals surface area (Å²) in [5.41, 5.74) is 3.47. The smallest absolute Gasteiger partial charge is 0.276 e. The Morgan fingerprint density at radius 3 is 2.74 bits per heavy atom. The molecule has 0 bridgehead atoms. The van der Waals surface area contributed by atoms with Gasteiger partial charge in [-0.2, -0.15) is 5.10 Å². The standard InChI is InChI=1S/C26H28FN7O/c1-26(27)8-9-34(16-26)23-7-5-20(14-29-23)30-25(35)24-21-11-18(4-6-22(21)31-32-24)19-10-17(12-28-13-19)15-33(2)3/h4-7,10-14H,8-9,15-16H2,1-3H3,(H,30,35)(H,31,32). The largest absolute Gasteiger partial charge is 0.353 e. The zero-order chi connectivity index (χ0) is 24.6. The van der Waals surface area contributed by atoms with Crippen LogP contribution in [0.2, 0.25) is 0 Å². The fourth-order valence-electron chi connectivity index (χ4n) is 4.42. The van der Waals surface area contributed by atoms with Gasteiger partial charge in [0.1, 0.15) is 11.5 Å². The number of alkyl halides is 1. The molecule has 180 valence electrons. The van der Waals surface area contributed by atoms with Crippen molar-refractivity contribution in [1.82, 2.24) is 25.1 Å². The van der Waals surface area contributed by atoms with E-state index in [1.165, 1.54) is 0 Å². The van der Waals surface area contributed by atoms with Gasteiger partial charge >= 0.3 is 0 Å². The third-order valence-corrected chi connectivity index (χ3v) is 6.16. The molecule has 8 nitrogen and oxygen atoms in total. The minimum atomic E-state index is -1.20. The maximum Gasteiger partial charge on any atom is 0.276 e. The predicted molar refractivity (Wildman–Crippen MR) is 135 cm³/mol. The number of pyridine rings is 2. The molecule has 1 aliphatic heterocycles. The third kappa shape index (κ3) is 5.00. The van der Waals surface area contributed by atoms with Crippen molar-refractivity contribution < 1.29 is 9.18 Å². The molecule has 0 spiro atoms. The lowest BCUT2D eigenvalue weighted by molar-refractivity contribution is 0.102. The molecule has 1 aliphatic rings. The molecule has 1 saturated heterocycles. The van der Waals surface area contributed by atoms with Crippen LogP contribution in [0.1, 0.15) is 29.4 Å².